The summed E-state index contributed by atoms with van der Waals surface area (Å²) < 4.78 is 0. The van der Waals surface area contributed by atoms with Crippen LogP contribution in [-0.4, -0.2) is 63.8 Å². The molecule has 0 spiro atoms. The second-order valence-electron chi connectivity index (χ2n) is 6.48. The van der Waals surface area contributed by atoms with Crippen molar-refractivity contribution in [2.45, 2.75) is 25.5 Å². The molecule has 2 heterocycles. The molecule has 0 aromatic carbocycles. The predicted octanol–water partition coefficient (Wildman–Crippen LogP) is 0.200. The minimum atomic E-state index is -0.902. The molecule has 120 valence electrons. The fraction of sp³-hybridized carbons (Fsp3) is 0.667. The highest BCUT2D eigenvalue weighted by Gasteiger charge is 2.39. The Morgan fingerprint density at radius 3 is 2.45 bits per heavy atom. The highest BCUT2D eigenvalue weighted by molar-refractivity contribution is 5.72. The van der Waals surface area contributed by atoms with Crippen LogP contribution in [0.1, 0.15) is 18.4 Å². The van der Waals surface area contributed by atoms with Crippen LogP contribution >= 0.6 is 0 Å². The summed E-state index contributed by atoms with van der Waals surface area (Å²) in [6, 6.07) is 0. The highest BCUT2D eigenvalue weighted by atomic mass is 16.4. The minimum absolute atomic E-state index is 0.107. The summed E-state index contributed by atoms with van der Waals surface area (Å²) in [5.74, 6) is 0.766. The number of aliphatic hydroxyl groups is 1. The molecular formula is C15H22N4O3. The summed E-state index contributed by atoms with van der Waals surface area (Å²) in [5, 5.41) is 18.4. The molecule has 0 bridgehead atoms. The van der Waals surface area contributed by atoms with Gasteiger partial charge in [-0.2, -0.15) is 0 Å². The molecule has 7 nitrogen and oxygen atoms in total. The molecule has 3 rings (SSSR count). The average molecular weight is 306 g/mol. The largest absolute Gasteiger partial charge is 0.480 e. The first-order valence-electron chi connectivity index (χ1n) is 7.65. The first kappa shape index (κ1) is 15.2. The second-order valence-corrected chi connectivity index (χ2v) is 6.48. The van der Waals surface area contributed by atoms with Crippen LogP contribution in [0.3, 0.4) is 0 Å². The van der Waals surface area contributed by atoms with Gasteiger partial charge in [-0.15, -0.1) is 0 Å². The fourth-order valence-corrected chi connectivity index (χ4v) is 3.65. The van der Waals surface area contributed by atoms with E-state index in [1.54, 1.807) is 19.4 Å². The van der Waals surface area contributed by atoms with E-state index >= 15 is 0 Å². The van der Waals surface area contributed by atoms with Crippen molar-refractivity contribution < 1.29 is 15.0 Å². The van der Waals surface area contributed by atoms with Gasteiger partial charge in [0.15, 0.2) is 0 Å². The summed E-state index contributed by atoms with van der Waals surface area (Å²) in [5.41, 5.74) is 1.04. The number of aromatic nitrogens is 2. The maximum absolute atomic E-state index is 10.7. The monoisotopic (exact) mass is 306 g/mol. The molecule has 2 fully saturated rings. The summed E-state index contributed by atoms with van der Waals surface area (Å²) in [4.78, 5) is 23.1. The van der Waals surface area contributed by atoms with E-state index in [0.717, 1.165) is 38.0 Å². The Balaban J connectivity index is 1.55. The van der Waals surface area contributed by atoms with Crippen molar-refractivity contribution in [2.24, 2.45) is 11.8 Å². The summed E-state index contributed by atoms with van der Waals surface area (Å²) in [6.07, 6.45) is 5.28. The van der Waals surface area contributed by atoms with Crippen molar-refractivity contribution in [3.05, 3.63) is 18.0 Å². The van der Waals surface area contributed by atoms with Crippen LogP contribution in [0.15, 0.2) is 12.4 Å². The van der Waals surface area contributed by atoms with Gasteiger partial charge in [-0.3, -0.25) is 9.69 Å². The molecule has 0 amide bonds. The first-order valence-corrected chi connectivity index (χ1v) is 7.65. The van der Waals surface area contributed by atoms with Crippen molar-refractivity contribution in [1.29, 1.82) is 0 Å². The van der Waals surface area contributed by atoms with Crippen molar-refractivity contribution in [2.75, 3.05) is 31.6 Å². The number of carboxylic acids is 1. The van der Waals surface area contributed by atoms with Gasteiger partial charge in [0.1, 0.15) is 6.54 Å². The van der Waals surface area contributed by atoms with Gasteiger partial charge in [-0.25, -0.2) is 9.97 Å². The zero-order valence-corrected chi connectivity index (χ0v) is 12.7. The standard InChI is InChI=1S/C15H22N4O3/c1-18(9-14(21)22)15-16-4-10(5-17-15)6-19-7-11-2-13(20)3-12(11)8-19/h4-5,11-13,20H,2-3,6-9H2,1H3,(H,21,22)/t11-,12+,13?. The van der Waals surface area contributed by atoms with Gasteiger partial charge >= 0.3 is 5.97 Å². The third-order valence-corrected chi connectivity index (χ3v) is 4.61. The number of aliphatic carboxylic acids is 1. The topological polar surface area (TPSA) is 89.8 Å². The Morgan fingerprint density at radius 2 is 1.91 bits per heavy atom. The maximum Gasteiger partial charge on any atom is 0.323 e. The molecule has 7 heteroatoms. The number of hydrogen-bond donors (Lipinski definition) is 2. The van der Waals surface area contributed by atoms with E-state index in [2.05, 4.69) is 14.9 Å². The number of likely N-dealkylation sites (tertiary alicyclic amines) is 1. The van der Waals surface area contributed by atoms with Crippen LogP contribution in [0.2, 0.25) is 0 Å². The zero-order chi connectivity index (χ0) is 15.7. The van der Waals surface area contributed by atoms with E-state index in [1.165, 1.54) is 4.90 Å². The number of nitrogens with zero attached hydrogens (tertiary/aromatic N) is 4. The van der Waals surface area contributed by atoms with Crippen LogP contribution in [0.5, 0.6) is 0 Å². The van der Waals surface area contributed by atoms with Gasteiger partial charge in [0, 0.05) is 44.6 Å². The quantitative estimate of drug-likeness (QED) is 0.803. The van der Waals surface area contributed by atoms with Gasteiger partial charge in [0.2, 0.25) is 5.95 Å². The number of carbonyl (C=O) groups is 1. The van der Waals surface area contributed by atoms with E-state index in [-0.39, 0.29) is 12.6 Å². The molecule has 0 radical (unpaired) electrons. The van der Waals surface area contributed by atoms with Gasteiger partial charge in [-0.1, -0.05) is 0 Å². The van der Waals surface area contributed by atoms with Crippen LogP contribution in [-0.2, 0) is 11.3 Å². The molecule has 1 saturated heterocycles. The number of likely N-dealkylation sites (N-methyl/N-ethyl adjacent to an activating group) is 1. The molecule has 1 aromatic rings. The fourth-order valence-electron chi connectivity index (χ4n) is 3.65. The Labute approximate surface area is 129 Å². The van der Waals surface area contributed by atoms with Crippen LogP contribution in [0.25, 0.3) is 0 Å². The average Bonchev–Trinajstić information content (AvgIpc) is 2.95. The third kappa shape index (κ3) is 3.36. The SMILES string of the molecule is CN(CC(=O)O)c1ncc(CN2C[C@H]3CC(O)C[C@H]3C2)cn1. The number of fused-ring (bicyclic) bond motifs is 1. The lowest BCUT2D eigenvalue weighted by Gasteiger charge is -2.18. The number of hydrogen-bond acceptors (Lipinski definition) is 6. The van der Waals surface area contributed by atoms with Gasteiger partial charge in [-0.05, 0) is 24.7 Å². The third-order valence-electron chi connectivity index (χ3n) is 4.61. The van der Waals surface area contributed by atoms with E-state index in [1.807, 2.05) is 0 Å². The molecular weight excluding hydrogens is 284 g/mol. The second kappa shape index (κ2) is 6.18. The molecule has 2 aliphatic rings. The molecule has 1 aliphatic carbocycles. The lowest BCUT2D eigenvalue weighted by atomic mass is 10.0. The number of aliphatic hydroxyl groups excluding tert-OH is 1. The summed E-state index contributed by atoms with van der Waals surface area (Å²) in [6.45, 7) is 2.76. The molecule has 1 aromatic heterocycles. The normalized spacial score (nSPS) is 27.8. The predicted molar refractivity (Wildman–Crippen MR) is 80.4 cm³/mol. The van der Waals surface area contributed by atoms with E-state index in [9.17, 15) is 9.90 Å². The minimum Gasteiger partial charge on any atom is -0.480 e. The van der Waals surface area contributed by atoms with Gasteiger partial charge < -0.3 is 15.1 Å². The van der Waals surface area contributed by atoms with E-state index in [0.29, 0.717) is 17.8 Å². The molecule has 1 saturated carbocycles. The van der Waals surface area contributed by atoms with Crippen molar-refractivity contribution in [3.8, 4) is 0 Å². The smallest absolute Gasteiger partial charge is 0.323 e. The van der Waals surface area contributed by atoms with E-state index < -0.39 is 5.97 Å². The highest BCUT2D eigenvalue weighted by Crippen LogP contribution is 2.38. The van der Waals surface area contributed by atoms with E-state index in [4.69, 9.17) is 5.11 Å². The van der Waals surface area contributed by atoms with Crippen LogP contribution in [0, 0.1) is 11.8 Å². The summed E-state index contributed by atoms with van der Waals surface area (Å²) in [7, 11) is 1.66. The lowest BCUT2D eigenvalue weighted by Crippen LogP contribution is -2.27. The van der Waals surface area contributed by atoms with Gasteiger partial charge in [0.05, 0.1) is 6.10 Å². The number of anilines is 1. The van der Waals surface area contributed by atoms with Crippen molar-refractivity contribution >= 4 is 11.9 Å². The van der Waals surface area contributed by atoms with Crippen LogP contribution < -0.4 is 4.90 Å². The Morgan fingerprint density at radius 1 is 1.32 bits per heavy atom. The lowest BCUT2D eigenvalue weighted by molar-refractivity contribution is -0.135. The molecule has 3 atom stereocenters. The molecule has 2 N–H and O–H groups in total. The number of rotatable bonds is 5. The number of carboxylic acid groups (broad SMARTS) is 1. The molecule has 1 aliphatic heterocycles. The maximum atomic E-state index is 10.7. The zero-order valence-electron chi connectivity index (χ0n) is 12.7. The van der Waals surface area contributed by atoms with Crippen molar-refractivity contribution in [3.63, 3.8) is 0 Å². The Hall–Kier alpha value is -1.73. The Bertz CT molecular complexity index is 522. The molecule has 1 unspecified atom stereocenters. The first-order chi connectivity index (χ1) is 10.5. The summed E-state index contributed by atoms with van der Waals surface area (Å²) >= 11 is 0. The van der Waals surface area contributed by atoms with Crippen molar-refractivity contribution in [1.82, 2.24) is 14.9 Å². The Kier molecular flexibility index (Phi) is 4.26. The van der Waals surface area contributed by atoms with Gasteiger partial charge in [0.25, 0.3) is 0 Å². The molecule has 22 heavy (non-hydrogen) atoms. The van der Waals surface area contributed by atoms with Crippen LogP contribution in [0.4, 0.5) is 5.95 Å².